The Hall–Kier alpha value is -3.79. The summed E-state index contributed by atoms with van der Waals surface area (Å²) in [6, 6.07) is 14.1. The molecular weight excluding hydrogens is 332 g/mol. The average molecular weight is 348 g/mol. The van der Waals surface area contributed by atoms with Gasteiger partial charge in [0.1, 0.15) is 5.82 Å². The van der Waals surface area contributed by atoms with E-state index in [4.69, 9.17) is 14.7 Å². The molecule has 2 N–H and O–H groups in total. The van der Waals surface area contributed by atoms with Crippen molar-refractivity contribution >= 4 is 11.6 Å². The third-order valence-corrected chi connectivity index (χ3v) is 3.57. The van der Waals surface area contributed by atoms with Gasteiger partial charge in [-0.1, -0.05) is 12.1 Å². The normalized spacial score (nSPS) is 10.0. The first-order valence-electron chi connectivity index (χ1n) is 7.80. The zero-order valence-electron chi connectivity index (χ0n) is 14.0. The third kappa shape index (κ3) is 3.99. The predicted molar refractivity (Wildman–Crippen MR) is 95.9 cm³/mol. The molecule has 3 aromatic rings. The molecule has 0 spiro atoms. The fraction of sp³-hybridized carbons (Fsp3) is 0.105. The molecule has 0 aliphatic carbocycles. The average Bonchev–Trinajstić information content (AvgIpc) is 3.21. The van der Waals surface area contributed by atoms with E-state index in [0.717, 1.165) is 11.4 Å². The minimum Gasteiger partial charge on any atom is -0.493 e. The lowest BCUT2D eigenvalue weighted by molar-refractivity contribution is -0.118. The van der Waals surface area contributed by atoms with Gasteiger partial charge in [0.05, 0.1) is 18.7 Å². The Balaban J connectivity index is 1.63. The minimum atomic E-state index is -0.312. The van der Waals surface area contributed by atoms with Crippen LogP contribution in [0.15, 0.2) is 54.9 Å². The van der Waals surface area contributed by atoms with Gasteiger partial charge in [0.15, 0.2) is 18.1 Å². The van der Waals surface area contributed by atoms with Crippen LogP contribution in [0.3, 0.4) is 0 Å². The Morgan fingerprint density at radius 1 is 1.27 bits per heavy atom. The molecule has 0 saturated heterocycles. The number of methoxy groups -OCH3 is 1. The number of amides is 1. The summed E-state index contributed by atoms with van der Waals surface area (Å²) in [4.78, 5) is 19.4. The molecule has 1 heterocycles. The molecule has 0 aliphatic heterocycles. The lowest BCUT2D eigenvalue weighted by atomic mass is 10.2. The van der Waals surface area contributed by atoms with E-state index in [9.17, 15) is 4.79 Å². The number of carbonyl (C=O) groups is 1. The Morgan fingerprint density at radius 3 is 2.88 bits per heavy atom. The molecule has 0 atom stereocenters. The van der Waals surface area contributed by atoms with Crippen molar-refractivity contribution in [3.8, 4) is 29.0 Å². The van der Waals surface area contributed by atoms with E-state index in [0.29, 0.717) is 22.7 Å². The van der Waals surface area contributed by atoms with Gasteiger partial charge in [0, 0.05) is 29.7 Å². The number of benzene rings is 2. The quantitative estimate of drug-likeness (QED) is 0.713. The summed E-state index contributed by atoms with van der Waals surface area (Å²) in [7, 11) is 1.48. The first kappa shape index (κ1) is 17.0. The SMILES string of the molecule is COc1cc(C#N)ccc1OCC(=O)Nc1cccc(-c2ncc[nH]2)c1. The first-order valence-corrected chi connectivity index (χ1v) is 7.80. The summed E-state index contributed by atoms with van der Waals surface area (Å²) in [5.74, 6) is 1.20. The number of ether oxygens (including phenoxy) is 2. The number of imidazole rings is 1. The second kappa shape index (κ2) is 7.85. The fourth-order valence-corrected chi connectivity index (χ4v) is 2.36. The number of aromatic amines is 1. The molecule has 3 rings (SSSR count). The van der Waals surface area contributed by atoms with Crippen molar-refractivity contribution in [2.75, 3.05) is 19.0 Å². The van der Waals surface area contributed by atoms with Crippen LogP contribution in [-0.2, 0) is 4.79 Å². The van der Waals surface area contributed by atoms with Gasteiger partial charge in [-0.3, -0.25) is 4.79 Å². The highest BCUT2D eigenvalue weighted by Gasteiger charge is 2.10. The molecule has 2 aromatic carbocycles. The van der Waals surface area contributed by atoms with Gasteiger partial charge >= 0.3 is 0 Å². The summed E-state index contributed by atoms with van der Waals surface area (Å²) in [6.07, 6.45) is 3.40. The van der Waals surface area contributed by atoms with Crippen LogP contribution >= 0.6 is 0 Å². The number of rotatable bonds is 6. The summed E-state index contributed by atoms with van der Waals surface area (Å²) < 4.78 is 10.7. The number of H-pyrrole nitrogens is 1. The standard InChI is InChI=1S/C19H16N4O3/c1-25-17-9-13(11-20)5-6-16(17)26-12-18(24)23-15-4-2-3-14(10-15)19-21-7-8-22-19/h2-10H,12H2,1H3,(H,21,22)(H,23,24). The number of carbonyl (C=O) groups excluding carboxylic acids is 1. The number of anilines is 1. The summed E-state index contributed by atoms with van der Waals surface area (Å²) in [5, 5.41) is 11.7. The highest BCUT2D eigenvalue weighted by molar-refractivity contribution is 5.92. The number of hydrogen-bond donors (Lipinski definition) is 2. The highest BCUT2D eigenvalue weighted by atomic mass is 16.5. The van der Waals surface area contributed by atoms with Crippen molar-refractivity contribution in [3.63, 3.8) is 0 Å². The van der Waals surface area contributed by atoms with Crippen molar-refractivity contribution in [1.29, 1.82) is 5.26 Å². The molecule has 0 unspecified atom stereocenters. The van der Waals surface area contributed by atoms with Crippen LogP contribution in [0.2, 0.25) is 0 Å². The van der Waals surface area contributed by atoms with Crippen LogP contribution in [-0.4, -0.2) is 29.6 Å². The van der Waals surface area contributed by atoms with Crippen LogP contribution < -0.4 is 14.8 Å². The van der Waals surface area contributed by atoms with Crippen LogP contribution in [0.1, 0.15) is 5.56 Å². The fourth-order valence-electron chi connectivity index (χ4n) is 2.36. The largest absolute Gasteiger partial charge is 0.493 e. The lowest BCUT2D eigenvalue weighted by Crippen LogP contribution is -2.20. The number of nitrogens with zero attached hydrogens (tertiary/aromatic N) is 2. The van der Waals surface area contributed by atoms with Crippen molar-refractivity contribution in [3.05, 3.63) is 60.4 Å². The molecule has 0 radical (unpaired) electrons. The number of hydrogen-bond acceptors (Lipinski definition) is 5. The summed E-state index contributed by atoms with van der Waals surface area (Å²) in [5.41, 5.74) is 1.95. The molecular formula is C19H16N4O3. The zero-order chi connectivity index (χ0) is 18.4. The van der Waals surface area contributed by atoms with Crippen molar-refractivity contribution < 1.29 is 14.3 Å². The lowest BCUT2D eigenvalue weighted by Gasteiger charge is -2.11. The highest BCUT2D eigenvalue weighted by Crippen LogP contribution is 2.27. The van der Waals surface area contributed by atoms with Crippen LogP contribution in [0.25, 0.3) is 11.4 Å². The van der Waals surface area contributed by atoms with E-state index < -0.39 is 0 Å². The van der Waals surface area contributed by atoms with E-state index in [2.05, 4.69) is 15.3 Å². The van der Waals surface area contributed by atoms with Crippen LogP contribution in [0.4, 0.5) is 5.69 Å². The van der Waals surface area contributed by atoms with Crippen molar-refractivity contribution in [2.24, 2.45) is 0 Å². The zero-order valence-corrected chi connectivity index (χ0v) is 14.0. The van der Waals surface area contributed by atoms with Gasteiger partial charge in [-0.05, 0) is 24.3 Å². The van der Waals surface area contributed by atoms with Gasteiger partial charge < -0.3 is 19.8 Å². The molecule has 1 amide bonds. The van der Waals surface area contributed by atoms with Gasteiger partial charge in [-0.25, -0.2) is 4.98 Å². The summed E-state index contributed by atoms with van der Waals surface area (Å²) in [6.45, 7) is -0.187. The van der Waals surface area contributed by atoms with E-state index in [1.807, 2.05) is 24.3 Å². The minimum absolute atomic E-state index is 0.187. The number of aromatic nitrogens is 2. The van der Waals surface area contributed by atoms with Crippen molar-refractivity contribution in [1.82, 2.24) is 9.97 Å². The van der Waals surface area contributed by atoms with E-state index in [1.165, 1.54) is 7.11 Å². The molecule has 0 bridgehead atoms. The molecule has 26 heavy (non-hydrogen) atoms. The second-order valence-corrected chi connectivity index (χ2v) is 5.33. The van der Waals surface area contributed by atoms with Gasteiger partial charge in [-0.2, -0.15) is 5.26 Å². The molecule has 7 heteroatoms. The van der Waals surface area contributed by atoms with Gasteiger partial charge in [0.25, 0.3) is 5.91 Å². The third-order valence-electron chi connectivity index (χ3n) is 3.57. The Kier molecular flexibility index (Phi) is 5.15. The van der Waals surface area contributed by atoms with Gasteiger partial charge in [-0.15, -0.1) is 0 Å². The molecule has 130 valence electrons. The second-order valence-electron chi connectivity index (χ2n) is 5.33. The smallest absolute Gasteiger partial charge is 0.262 e. The Labute approximate surface area is 150 Å². The maximum atomic E-state index is 12.2. The molecule has 0 saturated carbocycles. The predicted octanol–water partition coefficient (Wildman–Crippen LogP) is 2.97. The molecule has 0 fully saturated rings. The van der Waals surface area contributed by atoms with Crippen LogP contribution in [0, 0.1) is 11.3 Å². The first-order chi connectivity index (χ1) is 12.7. The monoisotopic (exact) mass is 348 g/mol. The van der Waals surface area contributed by atoms with E-state index in [-0.39, 0.29) is 12.5 Å². The van der Waals surface area contributed by atoms with Crippen LogP contribution in [0.5, 0.6) is 11.5 Å². The van der Waals surface area contributed by atoms with E-state index in [1.54, 1.807) is 36.7 Å². The van der Waals surface area contributed by atoms with E-state index >= 15 is 0 Å². The maximum absolute atomic E-state index is 12.2. The van der Waals surface area contributed by atoms with Gasteiger partial charge in [0.2, 0.25) is 0 Å². The summed E-state index contributed by atoms with van der Waals surface area (Å²) >= 11 is 0. The Bertz CT molecular complexity index is 946. The molecule has 1 aromatic heterocycles. The molecule has 7 nitrogen and oxygen atoms in total. The number of nitrogens with one attached hydrogen (secondary N) is 2. The molecule has 0 aliphatic rings. The maximum Gasteiger partial charge on any atom is 0.262 e. The number of nitriles is 1. The topological polar surface area (TPSA) is 100 Å². The van der Waals surface area contributed by atoms with Crippen molar-refractivity contribution in [2.45, 2.75) is 0 Å². The Morgan fingerprint density at radius 2 is 2.15 bits per heavy atom.